The monoisotopic (exact) mass is 386 g/mol. The number of hydrogen-bond acceptors (Lipinski definition) is 7. The van der Waals surface area contributed by atoms with E-state index >= 15 is 0 Å². The van der Waals surface area contributed by atoms with Crippen molar-refractivity contribution in [2.45, 2.75) is 39.2 Å². The van der Waals surface area contributed by atoms with Gasteiger partial charge in [-0.3, -0.25) is 24.4 Å². The number of pyridine rings is 2. The minimum atomic E-state index is -1.32. The zero-order valence-corrected chi connectivity index (χ0v) is 16.7. The molecule has 1 fully saturated rings. The van der Waals surface area contributed by atoms with Crippen LogP contribution in [0.15, 0.2) is 30.6 Å². The van der Waals surface area contributed by atoms with Crippen molar-refractivity contribution < 1.29 is 19.2 Å². The normalized spacial score (nSPS) is 16.6. The van der Waals surface area contributed by atoms with Gasteiger partial charge >= 0.3 is 5.97 Å². The van der Waals surface area contributed by atoms with E-state index in [4.69, 9.17) is 9.57 Å². The number of anilines is 1. The van der Waals surface area contributed by atoms with Crippen molar-refractivity contribution in [1.82, 2.24) is 15.3 Å². The molecule has 150 valence electrons. The molecule has 0 aromatic carbocycles. The van der Waals surface area contributed by atoms with E-state index in [-0.39, 0.29) is 0 Å². The lowest BCUT2D eigenvalue weighted by atomic mass is 9.77. The molecule has 3 rings (SSSR count). The Hall–Kier alpha value is -2.58. The summed E-state index contributed by atoms with van der Waals surface area (Å²) >= 11 is 0. The van der Waals surface area contributed by atoms with Crippen LogP contribution in [0.4, 0.5) is 5.69 Å². The number of nitrogens with zero attached hydrogens (tertiary/aromatic N) is 3. The van der Waals surface area contributed by atoms with Gasteiger partial charge in [0.1, 0.15) is 16.8 Å². The van der Waals surface area contributed by atoms with E-state index in [0.717, 1.165) is 5.06 Å². The highest BCUT2D eigenvalue weighted by molar-refractivity contribution is 6.11. The number of ether oxygens (including phenoxy) is 1. The van der Waals surface area contributed by atoms with Crippen molar-refractivity contribution >= 4 is 28.6 Å². The standard InChI is InChI=1S/C20H26N4O4/c1-19(2,3)28-18(26)20(8-12-21-13-9-20)17(25)24(27-4)15-7-11-22-14-6-5-10-23-16(14)15/h5-7,10-11,21H,8-9,12-13H2,1-4H3. The van der Waals surface area contributed by atoms with Crippen LogP contribution in [0.5, 0.6) is 0 Å². The zero-order chi connectivity index (χ0) is 20.4. The van der Waals surface area contributed by atoms with Gasteiger partial charge in [0.2, 0.25) is 0 Å². The van der Waals surface area contributed by atoms with Crippen LogP contribution in [0.2, 0.25) is 0 Å². The summed E-state index contributed by atoms with van der Waals surface area (Å²) in [6.07, 6.45) is 3.87. The Balaban J connectivity index is 2.04. The number of aromatic nitrogens is 2. The van der Waals surface area contributed by atoms with Crippen molar-refractivity contribution in [2.24, 2.45) is 5.41 Å². The predicted octanol–water partition coefficient (Wildman–Crippen LogP) is 2.24. The Morgan fingerprint density at radius 1 is 1.14 bits per heavy atom. The van der Waals surface area contributed by atoms with Crippen molar-refractivity contribution in [3.05, 3.63) is 30.6 Å². The van der Waals surface area contributed by atoms with Crippen LogP contribution in [0, 0.1) is 5.41 Å². The molecule has 0 unspecified atom stereocenters. The number of amides is 1. The highest BCUT2D eigenvalue weighted by Gasteiger charge is 2.52. The van der Waals surface area contributed by atoms with Crippen LogP contribution < -0.4 is 10.4 Å². The maximum atomic E-state index is 13.6. The lowest BCUT2D eigenvalue weighted by Crippen LogP contribution is -2.55. The van der Waals surface area contributed by atoms with Gasteiger partial charge in [0.05, 0.1) is 12.6 Å². The van der Waals surface area contributed by atoms with E-state index in [2.05, 4.69) is 15.3 Å². The molecule has 0 spiro atoms. The molecule has 0 aliphatic carbocycles. The van der Waals surface area contributed by atoms with Crippen LogP contribution in [0.1, 0.15) is 33.6 Å². The van der Waals surface area contributed by atoms with Crippen molar-refractivity contribution in [1.29, 1.82) is 0 Å². The Morgan fingerprint density at radius 2 is 1.86 bits per heavy atom. The first-order valence-electron chi connectivity index (χ1n) is 9.31. The van der Waals surface area contributed by atoms with E-state index in [1.807, 2.05) is 0 Å². The third-order valence-electron chi connectivity index (χ3n) is 4.72. The number of carbonyl (C=O) groups is 2. The molecule has 3 heterocycles. The number of hydrogen-bond donors (Lipinski definition) is 1. The van der Waals surface area contributed by atoms with Gasteiger partial charge < -0.3 is 10.1 Å². The summed E-state index contributed by atoms with van der Waals surface area (Å²) in [5, 5.41) is 4.34. The molecule has 1 saturated heterocycles. The summed E-state index contributed by atoms with van der Waals surface area (Å²) in [4.78, 5) is 40.8. The van der Waals surface area contributed by atoms with E-state index in [9.17, 15) is 9.59 Å². The molecular formula is C20H26N4O4. The summed E-state index contributed by atoms with van der Waals surface area (Å²) in [5.41, 5.74) is -0.420. The van der Waals surface area contributed by atoms with Gasteiger partial charge in [0, 0.05) is 12.4 Å². The summed E-state index contributed by atoms with van der Waals surface area (Å²) in [6.45, 7) is 6.45. The maximum absolute atomic E-state index is 13.6. The van der Waals surface area contributed by atoms with Gasteiger partial charge in [0.15, 0.2) is 5.41 Å². The lowest BCUT2D eigenvalue weighted by molar-refractivity contribution is -0.174. The number of rotatable bonds is 4. The fourth-order valence-corrected chi connectivity index (χ4v) is 3.35. The number of piperidine rings is 1. The molecule has 1 amide bonds. The molecule has 28 heavy (non-hydrogen) atoms. The average molecular weight is 386 g/mol. The number of carbonyl (C=O) groups excluding carboxylic acids is 2. The number of nitrogens with one attached hydrogen (secondary N) is 1. The van der Waals surface area contributed by atoms with Gasteiger partial charge in [-0.25, -0.2) is 0 Å². The molecular weight excluding hydrogens is 360 g/mol. The Morgan fingerprint density at radius 3 is 2.50 bits per heavy atom. The zero-order valence-electron chi connectivity index (χ0n) is 16.7. The maximum Gasteiger partial charge on any atom is 0.322 e. The van der Waals surface area contributed by atoms with Crippen LogP contribution in [0.3, 0.4) is 0 Å². The van der Waals surface area contributed by atoms with Gasteiger partial charge in [-0.15, -0.1) is 0 Å². The predicted molar refractivity (Wildman–Crippen MR) is 104 cm³/mol. The van der Waals surface area contributed by atoms with Crippen LogP contribution >= 0.6 is 0 Å². The minimum Gasteiger partial charge on any atom is -0.459 e. The smallest absolute Gasteiger partial charge is 0.322 e. The van der Waals surface area contributed by atoms with Crippen LogP contribution in [-0.2, 0) is 19.2 Å². The second kappa shape index (κ2) is 7.81. The first kappa shape index (κ1) is 20.2. The number of esters is 1. The highest BCUT2D eigenvalue weighted by Crippen LogP contribution is 2.37. The fourth-order valence-electron chi connectivity index (χ4n) is 3.35. The van der Waals surface area contributed by atoms with Crippen LogP contribution in [0.25, 0.3) is 11.0 Å². The van der Waals surface area contributed by atoms with Gasteiger partial charge in [0.25, 0.3) is 5.91 Å². The van der Waals surface area contributed by atoms with Crippen molar-refractivity contribution in [3.8, 4) is 0 Å². The SMILES string of the molecule is CON(C(=O)C1(C(=O)OC(C)(C)C)CCNCC1)c1ccnc2cccnc12. The quantitative estimate of drug-likeness (QED) is 0.489. The number of fused-ring (bicyclic) bond motifs is 1. The topological polar surface area (TPSA) is 93.7 Å². The van der Waals surface area contributed by atoms with E-state index in [0.29, 0.717) is 42.7 Å². The van der Waals surface area contributed by atoms with E-state index in [1.165, 1.54) is 7.11 Å². The molecule has 1 aliphatic heterocycles. The molecule has 0 bridgehead atoms. The third-order valence-corrected chi connectivity index (χ3v) is 4.72. The van der Waals surface area contributed by atoms with Crippen molar-refractivity contribution in [3.63, 3.8) is 0 Å². The first-order chi connectivity index (χ1) is 13.3. The second-order valence-electron chi connectivity index (χ2n) is 7.82. The minimum absolute atomic E-state index is 0.330. The first-order valence-corrected chi connectivity index (χ1v) is 9.31. The molecule has 2 aromatic rings. The Bertz CT molecular complexity index is 867. The number of hydroxylamine groups is 1. The van der Waals surface area contributed by atoms with E-state index < -0.39 is 22.9 Å². The largest absolute Gasteiger partial charge is 0.459 e. The Kier molecular flexibility index (Phi) is 5.62. The van der Waals surface area contributed by atoms with Crippen molar-refractivity contribution in [2.75, 3.05) is 25.3 Å². The summed E-state index contributed by atoms with van der Waals surface area (Å²) in [6, 6.07) is 5.23. The summed E-state index contributed by atoms with van der Waals surface area (Å²) < 4.78 is 5.62. The third kappa shape index (κ3) is 3.83. The van der Waals surface area contributed by atoms with Crippen LogP contribution in [-0.4, -0.2) is 47.6 Å². The summed E-state index contributed by atoms with van der Waals surface area (Å²) in [7, 11) is 1.40. The molecule has 1 N–H and O–H groups in total. The van der Waals surface area contributed by atoms with E-state index in [1.54, 1.807) is 51.4 Å². The summed E-state index contributed by atoms with van der Waals surface area (Å²) in [5.74, 6) is -0.983. The average Bonchev–Trinajstić information content (AvgIpc) is 2.68. The van der Waals surface area contributed by atoms with Gasteiger partial charge in [-0.1, -0.05) is 0 Å². The molecule has 2 aromatic heterocycles. The molecule has 1 aliphatic rings. The molecule has 8 heteroatoms. The molecule has 0 saturated carbocycles. The van der Waals surface area contributed by atoms with Gasteiger partial charge in [-0.05, 0) is 64.9 Å². The van der Waals surface area contributed by atoms with Gasteiger partial charge in [-0.2, -0.15) is 5.06 Å². The fraction of sp³-hybridized carbons (Fsp3) is 0.500. The molecule has 8 nitrogen and oxygen atoms in total. The molecule has 0 atom stereocenters. The second-order valence-corrected chi connectivity index (χ2v) is 7.82. The Labute approximate surface area is 164 Å². The highest BCUT2D eigenvalue weighted by atomic mass is 16.7. The lowest BCUT2D eigenvalue weighted by Gasteiger charge is -2.38. The molecule has 0 radical (unpaired) electrons.